The van der Waals surface area contributed by atoms with Crippen molar-refractivity contribution in [3.8, 4) is 0 Å². The summed E-state index contributed by atoms with van der Waals surface area (Å²) in [5.41, 5.74) is 1.04. The van der Waals surface area contributed by atoms with Crippen LogP contribution in [-0.2, 0) is 0 Å². The van der Waals surface area contributed by atoms with E-state index in [-0.39, 0.29) is 0 Å². The molecule has 0 aliphatic heterocycles. The van der Waals surface area contributed by atoms with Gasteiger partial charge in [-0.3, -0.25) is 0 Å². The number of nitrogens with one attached hydrogen (secondary N) is 1. The zero-order valence-electron chi connectivity index (χ0n) is 12.5. The molecule has 1 atom stereocenters. The number of hydrogen-bond donors (Lipinski definition) is 1. The molecule has 0 aliphatic carbocycles. The summed E-state index contributed by atoms with van der Waals surface area (Å²) in [7, 11) is 0. The largest absolute Gasteiger partial charge is 0.368 e. The van der Waals surface area contributed by atoms with E-state index in [1.54, 1.807) is 0 Å². The first-order chi connectivity index (χ1) is 8.52. The number of hydrogen-bond acceptors (Lipinski definition) is 3. The SMILES string of the molecule is CCCCCC(C)Nc1cc(C)nc(C(C)C)n1. The topological polar surface area (TPSA) is 37.8 Å². The van der Waals surface area contributed by atoms with Crippen molar-refractivity contribution in [2.45, 2.75) is 72.3 Å². The van der Waals surface area contributed by atoms with E-state index in [2.05, 4.69) is 43.0 Å². The molecular weight excluding hydrogens is 222 g/mol. The van der Waals surface area contributed by atoms with Crippen molar-refractivity contribution in [3.63, 3.8) is 0 Å². The fraction of sp³-hybridized carbons (Fsp3) is 0.733. The average molecular weight is 249 g/mol. The lowest BCUT2D eigenvalue weighted by molar-refractivity contribution is 0.612. The smallest absolute Gasteiger partial charge is 0.133 e. The number of unbranched alkanes of at least 4 members (excludes halogenated alkanes) is 2. The zero-order chi connectivity index (χ0) is 13.5. The lowest BCUT2D eigenvalue weighted by Gasteiger charge is -2.16. The fourth-order valence-corrected chi connectivity index (χ4v) is 1.95. The van der Waals surface area contributed by atoms with E-state index >= 15 is 0 Å². The maximum atomic E-state index is 4.58. The molecule has 0 saturated heterocycles. The van der Waals surface area contributed by atoms with Gasteiger partial charge in [0.15, 0.2) is 0 Å². The second kappa shape index (κ2) is 7.34. The Morgan fingerprint density at radius 1 is 1.17 bits per heavy atom. The molecule has 0 fully saturated rings. The van der Waals surface area contributed by atoms with Crippen molar-refractivity contribution in [2.75, 3.05) is 5.32 Å². The normalized spacial score (nSPS) is 12.8. The molecule has 1 rings (SSSR count). The maximum absolute atomic E-state index is 4.58. The van der Waals surface area contributed by atoms with Crippen LogP contribution in [0.2, 0.25) is 0 Å². The lowest BCUT2D eigenvalue weighted by atomic mass is 10.1. The summed E-state index contributed by atoms with van der Waals surface area (Å²) in [6.45, 7) is 10.7. The molecule has 0 aromatic carbocycles. The standard InChI is InChI=1S/C15H27N3/c1-6-7-8-9-12(4)16-14-10-13(5)17-15(18-14)11(2)3/h10-12H,6-9H2,1-5H3,(H,16,17,18). The second-order valence-corrected chi connectivity index (χ2v) is 5.45. The third-order valence-corrected chi connectivity index (χ3v) is 3.02. The van der Waals surface area contributed by atoms with E-state index < -0.39 is 0 Å². The third-order valence-electron chi connectivity index (χ3n) is 3.02. The summed E-state index contributed by atoms with van der Waals surface area (Å²) in [6.07, 6.45) is 5.07. The minimum Gasteiger partial charge on any atom is -0.368 e. The van der Waals surface area contributed by atoms with Crippen LogP contribution in [0.5, 0.6) is 0 Å². The van der Waals surface area contributed by atoms with Crippen LogP contribution in [0.1, 0.15) is 70.8 Å². The molecule has 0 spiro atoms. The van der Waals surface area contributed by atoms with Gasteiger partial charge >= 0.3 is 0 Å². The van der Waals surface area contributed by atoms with E-state index in [1.165, 1.54) is 25.7 Å². The van der Waals surface area contributed by atoms with Crippen LogP contribution in [0.25, 0.3) is 0 Å². The zero-order valence-corrected chi connectivity index (χ0v) is 12.5. The van der Waals surface area contributed by atoms with E-state index in [9.17, 15) is 0 Å². The summed E-state index contributed by atoms with van der Waals surface area (Å²) in [4.78, 5) is 9.04. The number of anilines is 1. The first-order valence-corrected chi connectivity index (χ1v) is 7.15. The van der Waals surface area contributed by atoms with Crippen LogP contribution in [-0.4, -0.2) is 16.0 Å². The van der Waals surface area contributed by atoms with Gasteiger partial charge in [-0.25, -0.2) is 9.97 Å². The first kappa shape index (κ1) is 14.9. The molecular formula is C15H27N3. The van der Waals surface area contributed by atoms with Crippen molar-refractivity contribution < 1.29 is 0 Å². The third kappa shape index (κ3) is 5.03. The Balaban J connectivity index is 2.60. The Kier molecular flexibility index (Phi) is 6.10. The van der Waals surface area contributed by atoms with Crippen LogP contribution in [0.4, 0.5) is 5.82 Å². The Bertz CT molecular complexity index is 361. The van der Waals surface area contributed by atoms with Gasteiger partial charge in [0.1, 0.15) is 11.6 Å². The Labute approximate surface area is 111 Å². The number of aryl methyl sites for hydroxylation is 1. The van der Waals surface area contributed by atoms with Gasteiger partial charge in [0.2, 0.25) is 0 Å². The quantitative estimate of drug-likeness (QED) is 0.733. The van der Waals surface area contributed by atoms with Gasteiger partial charge < -0.3 is 5.32 Å². The summed E-state index contributed by atoms with van der Waals surface area (Å²) in [6, 6.07) is 2.51. The summed E-state index contributed by atoms with van der Waals surface area (Å²) in [5.74, 6) is 2.27. The monoisotopic (exact) mass is 249 g/mol. The Hall–Kier alpha value is -1.12. The Morgan fingerprint density at radius 3 is 2.50 bits per heavy atom. The average Bonchev–Trinajstić information content (AvgIpc) is 2.28. The molecule has 18 heavy (non-hydrogen) atoms. The summed E-state index contributed by atoms with van der Waals surface area (Å²) < 4.78 is 0. The minimum absolute atomic E-state index is 0.376. The molecule has 1 unspecified atom stereocenters. The molecule has 1 N–H and O–H groups in total. The maximum Gasteiger partial charge on any atom is 0.133 e. The van der Waals surface area contributed by atoms with Crippen LogP contribution in [0.3, 0.4) is 0 Å². The molecule has 1 aromatic rings. The highest BCUT2D eigenvalue weighted by Gasteiger charge is 2.08. The number of nitrogens with zero attached hydrogens (tertiary/aromatic N) is 2. The molecule has 0 saturated carbocycles. The van der Waals surface area contributed by atoms with Gasteiger partial charge in [-0.05, 0) is 20.3 Å². The number of aromatic nitrogens is 2. The van der Waals surface area contributed by atoms with Crippen molar-refractivity contribution in [2.24, 2.45) is 0 Å². The predicted octanol–water partition coefficient (Wildman–Crippen LogP) is 4.29. The molecule has 3 heteroatoms. The number of rotatable bonds is 7. The fourth-order valence-electron chi connectivity index (χ4n) is 1.95. The van der Waals surface area contributed by atoms with Gasteiger partial charge in [-0.15, -0.1) is 0 Å². The van der Waals surface area contributed by atoms with Crippen molar-refractivity contribution in [1.82, 2.24) is 9.97 Å². The van der Waals surface area contributed by atoms with Crippen LogP contribution in [0.15, 0.2) is 6.07 Å². The van der Waals surface area contributed by atoms with Crippen molar-refractivity contribution in [3.05, 3.63) is 17.6 Å². The highest BCUT2D eigenvalue weighted by atomic mass is 15.0. The van der Waals surface area contributed by atoms with Crippen LogP contribution in [0, 0.1) is 6.92 Å². The summed E-state index contributed by atoms with van der Waals surface area (Å²) in [5, 5.41) is 3.49. The molecule has 1 aromatic heterocycles. The van der Waals surface area contributed by atoms with Gasteiger partial charge in [-0.1, -0.05) is 40.0 Å². The van der Waals surface area contributed by atoms with E-state index in [0.29, 0.717) is 12.0 Å². The molecule has 0 bridgehead atoms. The minimum atomic E-state index is 0.376. The van der Waals surface area contributed by atoms with Gasteiger partial charge in [-0.2, -0.15) is 0 Å². The summed E-state index contributed by atoms with van der Waals surface area (Å²) >= 11 is 0. The molecule has 102 valence electrons. The van der Waals surface area contributed by atoms with Crippen LogP contribution >= 0.6 is 0 Å². The van der Waals surface area contributed by atoms with E-state index in [0.717, 1.165) is 17.3 Å². The van der Waals surface area contributed by atoms with Crippen molar-refractivity contribution >= 4 is 5.82 Å². The Morgan fingerprint density at radius 2 is 1.89 bits per heavy atom. The van der Waals surface area contributed by atoms with E-state index in [4.69, 9.17) is 0 Å². The molecule has 3 nitrogen and oxygen atoms in total. The van der Waals surface area contributed by atoms with Gasteiger partial charge in [0.05, 0.1) is 0 Å². The highest BCUT2D eigenvalue weighted by molar-refractivity contribution is 5.37. The molecule has 1 heterocycles. The molecule has 0 aliphatic rings. The lowest BCUT2D eigenvalue weighted by Crippen LogP contribution is -2.17. The van der Waals surface area contributed by atoms with Gasteiger partial charge in [0.25, 0.3) is 0 Å². The molecule has 0 radical (unpaired) electrons. The van der Waals surface area contributed by atoms with E-state index in [1.807, 2.05) is 13.0 Å². The highest BCUT2D eigenvalue weighted by Crippen LogP contribution is 2.15. The predicted molar refractivity (Wildman–Crippen MR) is 78.1 cm³/mol. The van der Waals surface area contributed by atoms with Gasteiger partial charge in [0, 0.05) is 23.7 Å². The van der Waals surface area contributed by atoms with Crippen LogP contribution < -0.4 is 5.32 Å². The first-order valence-electron chi connectivity index (χ1n) is 7.15. The molecule has 0 amide bonds. The second-order valence-electron chi connectivity index (χ2n) is 5.45. The van der Waals surface area contributed by atoms with Crippen molar-refractivity contribution in [1.29, 1.82) is 0 Å².